The van der Waals surface area contributed by atoms with Gasteiger partial charge < -0.3 is 5.73 Å². The summed E-state index contributed by atoms with van der Waals surface area (Å²) in [6, 6.07) is 0.0343. The number of hydrogen-bond donors (Lipinski definition) is 2. The Kier molecular flexibility index (Phi) is 4.58. The van der Waals surface area contributed by atoms with Crippen LogP contribution >= 0.6 is 10.8 Å². The predicted octanol–water partition coefficient (Wildman–Crippen LogP) is 0.288. The molecule has 0 amide bonds. The van der Waals surface area contributed by atoms with Crippen LogP contribution in [0.25, 0.3) is 0 Å². The molecule has 0 atom stereocenters. The smallest absolute Gasteiger partial charge is 0.320 e. The molecule has 72 valence electrons. The number of rotatable bonds is 4. The van der Waals surface area contributed by atoms with Crippen molar-refractivity contribution in [2.24, 2.45) is 10.7 Å². The number of amidine groups is 1. The van der Waals surface area contributed by atoms with E-state index in [2.05, 4.69) is 4.99 Å². The van der Waals surface area contributed by atoms with E-state index in [-0.39, 0.29) is 17.6 Å². The monoisotopic (exact) mass is 212 g/mol. The fourth-order valence-corrected chi connectivity index (χ4v) is 1.66. The third-order valence-corrected chi connectivity index (χ3v) is 2.74. The van der Waals surface area contributed by atoms with E-state index in [1.165, 1.54) is 0 Å². The first-order valence-electron chi connectivity index (χ1n) is 3.25. The molecular formula is C5H12N2O3S2. The summed E-state index contributed by atoms with van der Waals surface area (Å²) in [6.45, 7) is 3.65. The van der Waals surface area contributed by atoms with Crippen LogP contribution in [0, 0.1) is 0 Å². The van der Waals surface area contributed by atoms with Crippen LogP contribution in [0.5, 0.6) is 0 Å². The first-order valence-corrected chi connectivity index (χ1v) is 6.19. The molecule has 0 bridgehead atoms. The Morgan fingerprint density at radius 1 is 1.67 bits per heavy atom. The van der Waals surface area contributed by atoms with Crippen LogP contribution in [0.4, 0.5) is 0 Å². The topological polar surface area (TPSA) is 92.8 Å². The summed E-state index contributed by atoms with van der Waals surface area (Å²) in [5.74, 6) is 0.212. The Hall–Kier alpha value is -0.270. The second kappa shape index (κ2) is 4.68. The van der Waals surface area contributed by atoms with Gasteiger partial charge in [0.25, 0.3) is 0 Å². The normalized spacial score (nSPS) is 13.8. The second-order valence-corrected chi connectivity index (χ2v) is 5.75. The lowest BCUT2D eigenvalue weighted by atomic mass is 10.4. The van der Waals surface area contributed by atoms with Gasteiger partial charge in [-0.05, 0) is 13.8 Å². The molecule has 12 heavy (non-hydrogen) atoms. The molecule has 0 saturated carbocycles. The lowest BCUT2D eigenvalue weighted by Gasteiger charge is -2.00. The molecule has 0 fully saturated rings. The lowest BCUT2D eigenvalue weighted by molar-refractivity contribution is 0.503. The Labute approximate surface area is 75.6 Å². The zero-order chi connectivity index (χ0) is 9.78. The summed E-state index contributed by atoms with van der Waals surface area (Å²) < 4.78 is 28.8. The highest BCUT2D eigenvalue weighted by molar-refractivity contribution is 8.70. The minimum Gasteiger partial charge on any atom is -0.387 e. The van der Waals surface area contributed by atoms with Crippen LogP contribution < -0.4 is 5.73 Å². The largest absolute Gasteiger partial charge is 0.387 e. The van der Waals surface area contributed by atoms with Gasteiger partial charge in [-0.2, -0.15) is 8.42 Å². The van der Waals surface area contributed by atoms with Crippen molar-refractivity contribution in [2.45, 2.75) is 19.9 Å². The highest BCUT2D eigenvalue weighted by Gasteiger charge is 2.06. The molecule has 0 aromatic rings. The first kappa shape index (κ1) is 11.7. The van der Waals surface area contributed by atoms with Gasteiger partial charge in [-0.1, -0.05) is 0 Å². The van der Waals surface area contributed by atoms with Crippen LogP contribution in [0.2, 0.25) is 0 Å². The molecular weight excluding hydrogens is 200 g/mol. The van der Waals surface area contributed by atoms with Gasteiger partial charge in [-0.25, -0.2) is 0 Å². The van der Waals surface area contributed by atoms with Gasteiger partial charge in [0.2, 0.25) is 0 Å². The molecule has 0 aliphatic rings. The quantitative estimate of drug-likeness (QED) is 0.302. The molecule has 5 nitrogen and oxygen atoms in total. The molecule has 0 rings (SSSR count). The van der Waals surface area contributed by atoms with Crippen molar-refractivity contribution in [1.29, 1.82) is 0 Å². The summed E-state index contributed by atoms with van der Waals surface area (Å²) in [7, 11) is -3.64. The van der Waals surface area contributed by atoms with Gasteiger partial charge in [0, 0.05) is 16.8 Å². The maximum absolute atomic E-state index is 10.2. The molecule has 0 unspecified atom stereocenters. The molecule has 0 aromatic carbocycles. The Balaban J connectivity index is 3.96. The minimum atomic E-state index is -4.00. The average molecular weight is 212 g/mol. The van der Waals surface area contributed by atoms with E-state index in [0.717, 1.165) is 0 Å². The molecule has 0 aromatic heterocycles. The summed E-state index contributed by atoms with van der Waals surface area (Å²) in [5.41, 5.74) is 5.34. The zero-order valence-electron chi connectivity index (χ0n) is 6.89. The van der Waals surface area contributed by atoms with E-state index >= 15 is 0 Å². The molecule has 0 spiro atoms. The van der Waals surface area contributed by atoms with Gasteiger partial charge in [0.1, 0.15) is 5.84 Å². The summed E-state index contributed by atoms with van der Waals surface area (Å²) in [4.78, 5) is 3.88. The van der Waals surface area contributed by atoms with Gasteiger partial charge in [-0.15, -0.1) is 0 Å². The Morgan fingerprint density at radius 2 is 2.17 bits per heavy atom. The van der Waals surface area contributed by atoms with Gasteiger partial charge in [-0.3, -0.25) is 9.55 Å². The molecule has 3 N–H and O–H groups in total. The van der Waals surface area contributed by atoms with Crippen molar-refractivity contribution >= 4 is 25.8 Å². The van der Waals surface area contributed by atoms with Crippen LogP contribution in [0.3, 0.4) is 0 Å². The maximum Gasteiger partial charge on any atom is 0.320 e. The number of aliphatic imine (C=N–C) groups is 1. The molecule has 0 radical (unpaired) electrons. The van der Waals surface area contributed by atoms with E-state index in [0.29, 0.717) is 10.8 Å². The third-order valence-electron chi connectivity index (χ3n) is 0.780. The molecule has 7 heteroatoms. The number of nitrogens with zero attached hydrogens (tertiary/aromatic N) is 1. The van der Waals surface area contributed by atoms with E-state index in [1.54, 1.807) is 0 Å². The Morgan fingerprint density at radius 3 is 2.50 bits per heavy atom. The minimum absolute atomic E-state index is 0.00296. The van der Waals surface area contributed by atoms with Gasteiger partial charge >= 0.3 is 9.15 Å². The number of nitrogens with two attached hydrogens (primary N) is 1. The first-order chi connectivity index (χ1) is 5.31. The van der Waals surface area contributed by atoms with E-state index in [1.807, 2.05) is 13.8 Å². The van der Waals surface area contributed by atoms with Crippen molar-refractivity contribution in [2.75, 3.05) is 5.75 Å². The zero-order valence-corrected chi connectivity index (χ0v) is 8.52. The summed E-state index contributed by atoms with van der Waals surface area (Å²) in [5, 5.41) is 0. The average Bonchev–Trinajstić information content (AvgIpc) is 1.80. The van der Waals surface area contributed by atoms with E-state index in [4.69, 9.17) is 10.3 Å². The summed E-state index contributed by atoms with van der Waals surface area (Å²) >= 11 is 0. The standard InChI is InChI=1S/C5H12N2O3S2/c1-4(2)7-5(6)3-11-12(8,9)10/h4H,3H2,1-2H3,(H2,6,7)(H,8,9,10). The fourth-order valence-electron chi connectivity index (χ4n) is 0.504. The van der Waals surface area contributed by atoms with Crippen molar-refractivity contribution in [3.63, 3.8) is 0 Å². The number of hydrogen-bond acceptors (Lipinski definition) is 4. The van der Waals surface area contributed by atoms with Crippen molar-refractivity contribution in [3.8, 4) is 0 Å². The highest BCUT2D eigenvalue weighted by atomic mass is 33.1. The summed E-state index contributed by atoms with van der Waals surface area (Å²) in [6.07, 6.45) is 0. The van der Waals surface area contributed by atoms with Crippen LogP contribution in [0.15, 0.2) is 4.99 Å². The molecule has 0 aliphatic heterocycles. The maximum atomic E-state index is 10.2. The van der Waals surface area contributed by atoms with Crippen molar-refractivity contribution < 1.29 is 13.0 Å². The van der Waals surface area contributed by atoms with Crippen LogP contribution in [-0.2, 0) is 9.15 Å². The van der Waals surface area contributed by atoms with Crippen LogP contribution in [0.1, 0.15) is 13.8 Å². The SMILES string of the molecule is CC(C)N=C(N)CSS(=O)(=O)O. The fraction of sp³-hybridized carbons (Fsp3) is 0.800. The molecule has 0 aliphatic carbocycles. The Bertz CT molecular complexity index is 258. The van der Waals surface area contributed by atoms with Crippen molar-refractivity contribution in [1.82, 2.24) is 0 Å². The highest BCUT2D eigenvalue weighted by Crippen LogP contribution is 2.08. The predicted molar refractivity (Wildman–Crippen MR) is 50.8 cm³/mol. The van der Waals surface area contributed by atoms with Crippen molar-refractivity contribution in [3.05, 3.63) is 0 Å². The van der Waals surface area contributed by atoms with Gasteiger partial charge in [0.15, 0.2) is 0 Å². The lowest BCUT2D eigenvalue weighted by Crippen LogP contribution is -2.17. The molecule has 0 heterocycles. The van der Waals surface area contributed by atoms with E-state index < -0.39 is 9.15 Å². The van der Waals surface area contributed by atoms with Gasteiger partial charge in [0.05, 0.1) is 5.75 Å². The molecule has 0 saturated heterocycles. The van der Waals surface area contributed by atoms with Crippen LogP contribution in [-0.4, -0.2) is 30.6 Å². The van der Waals surface area contributed by atoms with E-state index in [9.17, 15) is 8.42 Å². The third kappa shape index (κ3) is 7.83. The second-order valence-electron chi connectivity index (χ2n) is 2.40.